The van der Waals surface area contributed by atoms with Gasteiger partial charge in [0.1, 0.15) is 5.75 Å². The first-order chi connectivity index (χ1) is 15.3. The molecule has 0 bridgehead atoms. The highest BCUT2D eigenvalue weighted by Crippen LogP contribution is 2.31. The molecule has 12 heteroatoms. The summed E-state index contributed by atoms with van der Waals surface area (Å²) in [7, 11) is 1.45. The number of aromatic amines is 1. The Hall–Kier alpha value is -4.35. The molecule has 0 spiro atoms. The van der Waals surface area contributed by atoms with E-state index in [0.717, 1.165) is 12.1 Å². The van der Waals surface area contributed by atoms with Gasteiger partial charge < -0.3 is 20.5 Å². The van der Waals surface area contributed by atoms with Gasteiger partial charge in [-0.1, -0.05) is 6.07 Å². The number of hydrogen-bond donors (Lipinski definition) is 3. The maximum atomic E-state index is 12.9. The van der Waals surface area contributed by atoms with E-state index in [1.54, 1.807) is 24.3 Å². The molecule has 0 aliphatic carbocycles. The third kappa shape index (κ3) is 4.86. The number of methoxy groups -OCH3 is 1. The van der Waals surface area contributed by atoms with Gasteiger partial charge in [-0.2, -0.15) is 28.1 Å². The normalized spacial score (nSPS) is 11.2. The van der Waals surface area contributed by atoms with Crippen molar-refractivity contribution in [2.75, 3.05) is 18.2 Å². The van der Waals surface area contributed by atoms with Crippen molar-refractivity contribution in [3.05, 3.63) is 60.2 Å². The number of halogens is 3. The van der Waals surface area contributed by atoms with Crippen LogP contribution in [-0.4, -0.2) is 32.3 Å². The van der Waals surface area contributed by atoms with E-state index < -0.39 is 11.7 Å². The number of nitrogens with two attached hydrogens (primary N) is 1. The summed E-state index contributed by atoms with van der Waals surface area (Å²) in [4.78, 5) is 12.1. The number of alkyl halides is 3. The van der Waals surface area contributed by atoms with E-state index in [2.05, 4.69) is 30.5 Å². The van der Waals surface area contributed by atoms with E-state index in [-0.39, 0.29) is 29.3 Å². The summed E-state index contributed by atoms with van der Waals surface area (Å²) in [6.07, 6.45) is -4.44. The van der Waals surface area contributed by atoms with Crippen LogP contribution in [0.1, 0.15) is 5.56 Å². The lowest BCUT2D eigenvalue weighted by Crippen LogP contribution is -2.05. The Morgan fingerprint density at radius 2 is 1.72 bits per heavy atom. The van der Waals surface area contributed by atoms with Crippen LogP contribution in [0.5, 0.6) is 17.5 Å². The van der Waals surface area contributed by atoms with E-state index >= 15 is 0 Å². The lowest BCUT2D eigenvalue weighted by molar-refractivity contribution is -0.137. The Morgan fingerprint density at radius 3 is 2.44 bits per heavy atom. The lowest BCUT2D eigenvalue weighted by atomic mass is 10.2. The third-order valence-corrected chi connectivity index (χ3v) is 4.19. The molecule has 164 valence electrons. The number of anilines is 3. The fourth-order valence-corrected chi connectivity index (χ4v) is 2.73. The number of nitrogens with zero attached hydrogens (tertiary/aromatic N) is 4. The highest BCUT2D eigenvalue weighted by Gasteiger charge is 2.30. The minimum Gasteiger partial charge on any atom is -0.481 e. The molecule has 0 amide bonds. The van der Waals surface area contributed by atoms with E-state index in [4.69, 9.17) is 15.2 Å². The van der Waals surface area contributed by atoms with Crippen LogP contribution < -0.4 is 20.5 Å². The fraction of sp³-hybridized carbons (Fsp3) is 0.100. The van der Waals surface area contributed by atoms with Gasteiger partial charge in [-0.3, -0.25) is 5.10 Å². The second-order valence-electron chi connectivity index (χ2n) is 6.44. The third-order valence-electron chi connectivity index (χ3n) is 4.19. The summed E-state index contributed by atoms with van der Waals surface area (Å²) in [6, 6.07) is 13.1. The standard InChI is InChI=1S/C20H16F3N7O2/c1-31-15-10-16(27-18(24)26-15)32-14-7-5-11(6-8-14)17-28-19(30-29-17)25-13-4-2-3-12(9-13)20(21,22)23/h2-10H,1H3,(H2,24,26,27)(H2,25,28,29,30). The zero-order chi connectivity index (χ0) is 22.7. The van der Waals surface area contributed by atoms with Gasteiger partial charge in [-0.15, -0.1) is 5.10 Å². The lowest BCUT2D eigenvalue weighted by Gasteiger charge is -2.08. The van der Waals surface area contributed by atoms with Crippen molar-refractivity contribution < 1.29 is 22.6 Å². The number of nitrogen functional groups attached to an aromatic ring is 1. The molecule has 32 heavy (non-hydrogen) atoms. The number of aromatic nitrogens is 5. The molecule has 9 nitrogen and oxygen atoms in total. The van der Waals surface area contributed by atoms with Crippen molar-refractivity contribution in [1.29, 1.82) is 0 Å². The van der Waals surface area contributed by atoms with Crippen molar-refractivity contribution in [3.63, 3.8) is 0 Å². The number of rotatable bonds is 6. The van der Waals surface area contributed by atoms with Crippen LogP contribution in [0.4, 0.5) is 30.8 Å². The molecule has 4 aromatic rings. The van der Waals surface area contributed by atoms with E-state index in [1.807, 2.05) is 0 Å². The monoisotopic (exact) mass is 443 g/mol. The summed E-state index contributed by atoms with van der Waals surface area (Å²) >= 11 is 0. The molecule has 0 aliphatic heterocycles. The van der Waals surface area contributed by atoms with Crippen LogP contribution >= 0.6 is 0 Å². The van der Waals surface area contributed by atoms with Crippen LogP contribution in [0.25, 0.3) is 11.4 Å². The summed E-state index contributed by atoms with van der Waals surface area (Å²) in [5, 5.41) is 9.48. The van der Waals surface area contributed by atoms with Crippen molar-refractivity contribution in [1.82, 2.24) is 25.1 Å². The van der Waals surface area contributed by atoms with Gasteiger partial charge in [-0.25, -0.2) is 0 Å². The molecule has 0 atom stereocenters. The number of hydrogen-bond acceptors (Lipinski definition) is 8. The van der Waals surface area contributed by atoms with Crippen LogP contribution in [0, 0.1) is 0 Å². The highest BCUT2D eigenvalue weighted by atomic mass is 19.4. The van der Waals surface area contributed by atoms with E-state index in [9.17, 15) is 13.2 Å². The van der Waals surface area contributed by atoms with Crippen LogP contribution in [-0.2, 0) is 6.18 Å². The van der Waals surface area contributed by atoms with E-state index in [0.29, 0.717) is 17.1 Å². The Morgan fingerprint density at radius 1 is 0.969 bits per heavy atom. The van der Waals surface area contributed by atoms with Gasteiger partial charge in [0.15, 0.2) is 5.82 Å². The predicted molar refractivity (Wildman–Crippen MR) is 110 cm³/mol. The number of H-pyrrole nitrogens is 1. The SMILES string of the molecule is COc1cc(Oc2ccc(-c3nc(Nc4cccc(C(F)(F)F)c4)n[nH]3)cc2)nc(N)n1. The Bertz CT molecular complexity index is 1230. The second kappa shape index (κ2) is 8.41. The van der Waals surface area contributed by atoms with Crippen LogP contribution in [0.3, 0.4) is 0 Å². The topological polar surface area (TPSA) is 124 Å². The summed E-state index contributed by atoms with van der Waals surface area (Å²) < 4.78 is 49.3. The minimum absolute atomic E-state index is 0.0124. The molecular formula is C20H16F3N7O2. The zero-order valence-electron chi connectivity index (χ0n) is 16.5. The summed E-state index contributed by atoms with van der Waals surface area (Å²) in [6.45, 7) is 0. The molecule has 0 saturated heterocycles. The first-order valence-electron chi connectivity index (χ1n) is 9.14. The summed E-state index contributed by atoms with van der Waals surface area (Å²) in [5.41, 5.74) is 5.74. The quantitative estimate of drug-likeness (QED) is 0.400. The smallest absolute Gasteiger partial charge is 0.416 e. The first-order valence-corrected chi connectivity index (χ1v) is 9.14. The molecule has 2 aromatic heterocycles. The second-order valence-corrected chi connectivity index (χ2v) is 6.44. The van der Waals surface area contributed by atoms with Crippen molar-refractivity contribution in [3.8, 4) is 28.9 Å². The number of nitrogens with one attached hydrogen (secondary N) is 2. The average Bonchev–Trinajstić information content (AvgIpc) is 3.22. The van der Waals surface area contributed by atoms with Crippen molar-refractivity contribution in [2.45, 2.75) is 6.18 Å². The largest absolute Gasteiger partial charge is 0.481 e. The minimum atomic E-state index is -4.44. The average molecular weight is 443 g/mol. The van der Waals surface area contributed by atoms with Gasteiger partial charge in [0.2, 0.25) is 23.7 Å². The molecule has 0 aliphatic rings. The maximum Gasteiger partial charge on any atom is 0.416 e. The Labute approximate surface area is 179 Å². The zero-order valence-corrected chi connectivity index (χ0v) is 16.5. The fourth-order valence-electron chi connectivity index (χ4n) is 2.73. The predicted octanol–water partition coefficient (Wildman–Crippen LogP) is 4.41. The maximum absolute atomic E-state index is 12.9. The molecule has 2 heterocycles. The highest BCUT2D eigenvalue weighted by molar-refractivity contribution is 5.60. The first kappa shape index (κ1) is 20.9. The molecule has 0 saturated carbocycles. The molecular weight excluding hydrogens is 427 g/mol. The number of benzene rings is 2. The molecule has 0 unspecified atom stereocenters. The molecule has 2 aromatic carbocycles. The Kier molecular flexibility index (Phi) is 5.50. The van der Waals surface area contributed by atoms with Crippen molar-refractivity contribution in [2.24, 2.45) is 0 Å². The molecule has 4 rings (SSSR count). The Balaban J connectivity index is 1.46. The van der Waals surface area contributed by atoms with Gasteiger partial charge in [-0.05, 0) is 42.5 Å². The van der Waals surface area contributed by atoms with Gasteiger partial charge in [0.05, 0.1) is 18.7 Å². The molecule has 0 radical (unpaired) electrons. The molecule has 0 fully saturated rings. The van der Waals surface area contributed by atoms with E-state index in [1.165, 1.54) is 25.3 Å². The number of ether oxygens (including phenoxy) is 2. The van der Waals surface area contributed by atoms with Gasteiger partial charge in [0, 0.05) is 11.3 Å². The summed E-state index contributed by atoms with van der Waals surface area (Å²) in [5.74, 6) is 1.53. The van der Waals surface area contributed by atoms with Crippen molar-refractivity contribution >= 4 is 17.6 Å². The van der Waals surface area contributed by atoms with Gasteiger partial charge >= 0.3 is 6.18 Å². The van der Waals surface area contributed by atoms with Crippen LogP contribution in [0.15, 0.2) is 54.6 Å². The molecule has 4 N–H and O–H groups in total. The van der Waals surface area contributed by atoms with Crippen LogP contribution in [0.2, 0.25) is 0 Å². The van der Waals surface area contributed by atoms with Gasteiger partial charge in [0.25, 0.3) is 0 Å².